The van der Waals surface area contributed by atoms with Gasteiger partial charge in [0.05, 0.1) is 18.0 Å². The van der Waals surface area contributed by atoms with Gasteiger partial charge in [0, 0.05) is 25.6 Å². The Labute approximate surface area is 85.9 Å². The quantitative estimate of drug-likeness (QED) is 0.518. The molecule has 0 aromatic carbocycles. The lowest BCUT2D eigenvalue weighted by molar-refractivity contribution is -0.0693. The first-order valence-corrected chi connectivity index (χ1v) is 5.20. The lowest BCUT2D eigenvalue weighted by atomic mass is 10.1. The molecule has 1 fully saturated rings. The Kier molecular flexibility index (Phi) is 3.89. The minimum atomic E-state index is 0.146. The lowest BCUT2D eigenvalue weighted by Gasteiger charge is -2.36. The number of hydrogen-bond donors (Lipinski definition) is 2. The maximum atomic E-state index is 7.34. The average molecular weight is 199 g/mol. The van der Waals surface area contributed by atoms with Crippen molar-refractivity contribution in [2.75, 3.05) is 19.6 Å². The Morgan fingerprint density at radius 1 is 1.50 bits per heavy atom. The van der Waals surface area contributed by atoms with Gasteiger partial charge in [-0.05, 0) is 13.8 Å². The fourth-order valence-electron chi connectivity index (χ4n) is 1.92. The van der Waals surface area contributed by atoms with Crippen LogP contribution in [-0.4, -0.2) is 42.6 Å². The highest BCUT2D eigenvalue weighted by atomic mass is 16.5. The highest BCUT2D eigenvalue weighted by Crippen LogP contribution is 2.12. The maximum absolute atomic E-state index is 7.34. The lowest BCUT2D eigenvalue weighted by Crippen LogP contribution is -2.48. The van der Waals surface area contributed by atoms with E-state index in [0.29, 0.717) is 0 Å². The van der Waals surface area contributed by atoms with Gasteiger partial charge in [-0.1, -0.05) is 6.92 Å². The molecule has 0 bridgehead atoms. The van der Waals surface area contributed by atoms with E-state index in [1.807, 2.05) is 6.92 Å². The van der Waals surface area contributed by atoms with Crippen LogP contribution >= 0.6 is 0 Å². The average Bonchev–Trinajstić information content (AvgIpc) is 2.01. The highest BCUT2D eigenvalue weighted by Gasteiger charge is 2.23. The Hall–Kier alpha value is -0.610. The van der Waals surface area contributed by atoms with Crippen LogP contribution in [0.15, 0.2) is 0 Å². The Balaban J connectivity index is 2.40. The summed E-state index contributed by atoms with van der Waals surface area (Å²) in [7, 11) is 0. The van der Waals surface area contributed by atoms with Crippen molar-refractivity contribution in [3.05, 3.63) is 0 Å². The molecule has 0 saturated carbocycles. The third-order valence-electron chi connectivity index (χ3n) is 2.56. The molecule has 3 atom stereocenters. The van der Waals surface area contributed by atoms with Crippen molar-refractivity contribution in [3.63, 3.8) is 0 Å². The van der Waals surface area contributed by atoms with E-state index >= 15 is 0 Å². The zero-order valence-electron chi connectivity index (χ0n) is 9.29. The Bertz CT molecular complexity index is 198. The van der Waals surface area contributed by atoms with Crippen LogP contribution < -0.4 is 5.73 Å². The van der Waals surface area contributed by atoms with Crippen LogP contribution in [0.5, 0.6) is 0 Å². The summed E-state index contributed by atoms with van der Waals surface area (Å²) in [5.74, 6) is 0.421. The molecule has 1 saturated heterocycles. The van der Waals surface area contributed by atoms with Crippen LogP contribution in [0.3, 0.4) is 0 Å². The van der Waals surface area contributed by atoms with Crippen LogP contribution in [0, 0.1) is 11.3 Å². The van der Waals surface area contributed by atoms with E-state index in [2.05, 4.69) is 18.7 Å². The van der Waals surface area contributed by atoms with Gasteiger partial charge in [-0.3, -0.25) is 10.3 Å². The number of nitrogens with one attached hydrogen (secondary N) is 1. The van der Waals surface area contributed by atoms with Gasteiger partial charge >= 0.3 is 0 Å². The SMILES string of the molecule is CC1CN(CC(C)C(=N)N)CC(C)O1. The molecule has 0 aromatic rings. The second-order valence-electron chi connectivity index (χ2n) is 4.33. The monoisotopic (exact) mass is 199 g/mol. The van der Waals surface area contributed by atoms with E-state index < -0.39 is 0 Å². The van der Waals surface area contributed by atoms with Crippen LogP contribution in [-0.2, 0) is 4.74 Å². The van der Waals surface area contributed by atoms with Crippen molar-refractivity contribution in [3.8, 4) is 0 Å². The van der Waals surface area contributed by atoms with Gasteiger partial charge in [-0.25, -0.2) is 0 Å². The van der Waals surface area contributed by atoms with Crippen molar-refractivity contribution in [1.82, 2.24) is 4.90 Å². The van der Waals surface area contributed by atoms with Gasteiger partial charge in [0.2, 0.25) is 0 Å². The maximum Gasteiger partial charge on any atom is 0.0947 e. The number of morpholine rings is 1. The van der Waals surface area contributed by atoms with Crippen LogP contribution in [0.25, 0.3) is 0 Å². The molecule has 0 aliphatic carbocycles. The summed E-state index contributed by atoms with van der Waals surface area (Å²) in [6.45, 7) is 8.92. The van der Waals surface area contributed by atoms with Crippen molar-refractivity contribution in [2.24, 2.45) is 11.7 Å². The second kappa shape index (κ2) is 4.75. The largest absolute Gasteiger partial charge is 0.387 e. The molecule has 1 rings (SSSR count). The predicted octanol–water partition coefficient (Wildman–Crippen LogP) is 0.668. The van der Waals surface area contributed by atoms with Crippen molar-refractivity contribution < 1.29 is 4.74 Å². The second-order valence-corrected chi connectivity index (χ2v) is 4.33. The van der Waals surface area contributed by atoms with Gasteiger partial charge in [0.25, 0.3) is 0 Å². The molecule has 0 spiro atoms. The fourth-order valence-corrected chi connectivity index (χ4v) is 1.92. The Morgan fingerprint density at radius 2 is 2.00 bits per heavy atom. The van der Waals surface area contributed by atoms with E-state index in [4.69, 9.17) is 15.9 Å². The molecular weight excluding hydrogens is 178 g/mol. The molecule has 1 heterocycles. The van der Waals surface area contributed by atoms with Crippen molar-refractivity contribution in [2.45, 2.75) is 33.0 Å². The van der Waals surface area contributed by atoms with Gasteiger partial charge < -0.3 is 10.5 Å². The predicted molar refractivity (Wildman–Crippen MR) is 57.5 cm³/mol. The molecule has 14 heavy (non-hydrogen) atoms. The minimum absolute atomic E-state index is 0.146. The van der Waals surface area contributed by atoms with Gasteiger partial charge in [0.1, 0.15) is 0 Å². The molecule has 82 valence electrons. The van der Waals surface area contributed by atoms with E-state index in [1.54, 1.807) is 0 Å². The molecule has 0 radical (unpaired) electrons. The summed E-state index contributed by atoms with van der Waals surface area (Å²) >= 11 is 0. The molecule has 1 aliphatic rings. The summed E-state index contributed by atoms with van der Waals surface area (Å²) in [4.78, 5) is 2.32. The van der Waals surface area contributed by atoms with Crippen molar-refractivity contribution in [1.29, 1.82) is 5.41 Å². The fraction of sp³-hybridized carbons (Fsp3) is 0.900. The number of rotatable bonds is 3. The molecule has 4 heteroatoms. The van der Waals surface area contributed by atoms with E-state index in [1.165, 1.54) is 0 Å². The first-order chi connectivity index (χ1) is 6.49. The Morgan fingerprint density at radius 3 is 2.43 bits per heavy atom. The van der Waals surface area contributed by atoms with E-state index in [-0.39, 0.29) is 24.0 Å². The molecule has 1 aliphatic heterocycles. The molecule has 3 N–H and O–H groups in total. The standard InChI is InChI=1S/C10H21N3O/c1-7(10(11)12)4-13-5-8(2)14-9(3)6-13/h7-9H,4-6H2,1-3H3,(H3,11,12). The molecule has 4 nitrogen and oxygen atoms in total. The third kappa shape index (κ3) is 3.27. The number of amidine groups is 1. The van der Waals surface area contributed by atoms with E-state index in [9.17, 15) is 0 Å². The summed E-state index contributed by atoms with van der Waals surface area (Å²) in [6.07, 6.45) is 0.579. The summed E-state index contributed by atoms with van der Waals surface area (Å²) < 4.78 is 5.63. The highest BCUT2D eigenvalue weighted by molar-refractivity contribution is 5.79. The number of nitrogens with zero attached hydrogens (tertiary/aromatic N) is 1. The van der Waals surface area contributed by atoms with Crippen LogP contribution in [0.4, 0.5) is 0 Å². The third-order valence-corrected chi connectivity index (χ3v) is 2.56. The summed E-state index contributed by atoms with van der Waals surface area (Å²) in [5.41, 5.74) is 5.45. The first kappa shape index (κ1) is 11.5. The molecular formula is C10H21N3O. The number of hydrogen-bond acceptors (Lipinski definition) is 3. The number of ether oxygens (including phenoxy) is 1. The summed E-state index contributed by atoms with van der Waals surface area (Å²) in [6, 6.07) is 0. The molecule has 3 unspecified atom stereocenters. The first-order valence-electron chi connectivity index (χ1n) is 5.20. The zero-order valence-corrected chi connectivity index (χ0v) is 9.29. The van der Waals surface area contributed by atoms with E-state index in [0.717, 1.165) is 19.6 Å². The normalized spacial score (nSPS) is 31.4. The van der Waals surface area contributed by atoms with Gasteiger partial charge in [-0.2, -0.15) is 0 Å². The van der Waals surface area contributed by atoms with Gasteiger partial charge in [-0.15, -0.1) is 0 Å². The number of nitrogens with two attached hydrogens (primary N) is 1. The topological polar surface area (TPSA) is 62.3 Å². The minimum Gasteiger partial charge on any atom is -0.387 e. The van der Waals surface area contributed by atoms with Gasteiger partial charge in [0.15, 0.2) is 0 Å². The van der Waals surface area contributed by atoms with Crippen LogP contribution in [0.1, 0.15) is 20.8 Å². The van der Waals surface area contributed by atoms with Crippen molar-refractivity contribution >= 4 is 5.84 Å². The smallest absolute Gasteiger partial charge is 0.0947 e. The zero-order chi connectivity index (χ0) is 10.7. The molecule has 0 amide bonds. The summed E-state index contributed by atoms with van der Waals surface area (Å²) in [5, 5.41) is 7.34. The van der Waals surface area contributed by atoms with Crippen LogP contribution in [0.2, 0.25) is 0 Å². The molecule has 0 aromatic heterocycles.